The number of amides is 3. The maximum absolute atomic E-state index is 13.8. The molecule has 4 rings (SSSR count). The first kappa shape index (κ1) is 25.0. The van der Waals surface area contributed by atoms with Crippen LogP contribution in [0.25, 0.3) is 0 Å². The van der Waals surface area contributed by atoms with Crippen molar-refractivity contribution in [2.75, 3.05) is 29.9 Å². The Morgan fingerprint density at radius 1 is 1.21 bits per heavy atom. The number of carbonyl (C=O) groups is 2. The second-order valence-electron chi connectivity index (χ2n) is 9.19. The minimum absolute atomic E-state index is 0. The lowest BCUT2D eigenvalue weighted by Gasteiger charge is -2.36. The molecule has 0 bridgehead atoms. The van der Waals surface area contributed by atoms with Gasteiger partial charge < -0.3 is 15.5 Å². The average molecular weight is 472 g/mol. The third kappa shape index (κ3) is 5.47. The van der Waals surface area contributed by atoms with Gasteiger partial charge in [-0.1, -0.05) is 26.0 Å². The van der Waals surface area contributed by atoms with E-state index in [1.54, 1.807) is 29.3 Å². The number of halogens is 1. The average Bonchev–Trinajstić information content (AvgIpc) is 2.92. The van der Waals surface area contributed by atoms with Crippen LogP contribution < -0.4 is 15.5 Å². The molecule has 7 nitrogen and oxygen atoms in total. The van der Waals surface area contributed by atoms with Crippen molar-refractivity contribution in [1.82, 2.24) is 15.2 Å². The third-order valence-corrected chi connectivity index (χ3v) is 6.64. The number of anilines is 3. The number of benzene rings is 1. The second kappa shape index (κ2) is 11.0. The fourth-order valence-corrected chi connectivity index (χ4v) is 4.40. The molecular formula is C25H34ClN5O2. The summed E-state index contributed by atoms with van der Waals surface area (Å²) < 4.78 is 0. The van der Waals surface area contributed by atoms with Gasteiger partial charge >= 0.3 is 6.03 Å². The lowest BCUT2D eigenvalue weighted by Crippen LogP contribution is -2.47. The highest BCUT2D eigenvalue weighted by Gasteiger charge is 2.34. The third-order valence-electron chi connectivity index (χ3n) is 6.64. The van der Waals surface area contributed by atoms with E-state index >= 15 is 0 Å². The SMILES string of the molecule is CC(C)C(C)NCCC1CCCN(C(=O)N2c3ccccc3C(=O)Nc3cccnc32)C1.Cl. The number of fused-ring (bicyclic) bond motifs is 2. The highest BCUT2D eigenvalue weighted by molar-refractivity contribution is 6.16. The number of rotatable bonds is 5. The predicted molar refractivity (Wildman–Crippen MR) is 135 cm³/mol. The van der Waals surface area contributed by atoms with Crippen LogP contribution in [0.15, 0.2) is 42.6 Å². The molecule has 1 aromatic heterocycles. The fraction of sp³-hybridized carbons (Fsp3) is 0.480. The standard InChI is InChI=1S/C25H33N5O2.ClH/c1-17(2)18(3)26-14-12-19-8-7-15-29(16-19)25(32)30-22-11-5-4-9-20(22)24(31)28-21-10-6-13-27-23(21)30;/h4-6,9-11,13,17-19,26H,7-8,12,14-16H2,1-3H3,(H,28,31);1H. The number of piperidine rings is 1. The summed E-state index contributed by atoms with van der Waals surface area (Å²) in [4.78, 5) is 34.6. The highest BCUT2D eigenvalue weighted by atomic mass is 35.5. The summed E-state index contributed by atoms with van der Waals surface area (Å²) in [5, 5.41) is 6.51. The number of pyridine rings is 1. The summed E-state index contributed by atoms with van der Waals surface area (Å²) in [6.45, 7) is 9.07. The molecule has 3 heterocycles. The van der Waals surface area contributed by atoms with Gasteiger partial charge in [0.1, 0.15) is 0 Å². The molecule has 2 aliphatic heterocycles. The molecule has 2 N–H and O–H groups in total. The summed E-state index contributed by atoms with van der Waals surface area (Å²) in [7, 11) is 0. The van der Waals surface area contributed by atoms with Crippen molar-refractivity contribution in [3.8, 4) is 0 Å². The van der Waals surface area contributed by atoms with Crippen LogP contribution in [0, 0.1) is 11.8 Å². The van der Waals surface area contributed by atoms with E-state index in [9.17, 15) is 9.59 Å². The lowest BCUT2D eigenvalue weighted by atomic mass is 9.94. The van der Waals surface area contributed by atoms with Crippen molar-refractivity contribution in [2.24, 2.45) is 11.8 Å². The Labute approximate surface area is 202 Å². The molecule has 33 heavy (non-hydrogen) atoms. The topological polar surface area (TPSA) is 77.6 Å². The lowest BCUT2D eigenvalue weighted by molar-refractivity contribution is 0.102. The smallest absolute Gasteiger partial charge is 0.324 e. The van der Waals surface area contributed by atoms with Crippen molar-refractivity contribution < 1.29 is 9.59 Å². The van der Waals surface area contributed by atoms with Gasteiger partial charge in [0, 0.05) is 25.3 Å². The van der Waals surface area contributed by atoms with Crippen molar-refractivity contribution >= 4 is 41.5 Å². The summed E-state index contributed by atoms with van der Waals surface area (Å²) in [6, 6.07) is 11.1. The summed E-state index contributed by atoms with van der Waals surface area (Å²) in [5.74, 6) is 1.30. The van der Waals surface area contributed by atoms with Gasteiger partial charge in [0.15, 0.2) is 5.82 Å². The Kier molecular flexibility index (Phi) is 8.32. The number of urea groups is 1. The Morgan fingerprint density at radius 3 is 2.79 bits per heavy atom. The van der Waals surface area contributed by atoms with Crippen molar-refractivity contribution in [2.45, 2.75) is 46.1 Å². The van der Waals surface area contributed by atoms with Crippen LogP contribution in [0.1, 0.15) is 50.4 Å². The number of hydrogen-bond donors (Lipinski definition) is 2. The normalized spacial score (nSPS) is 18.5. The number of nitrogens with zero attached hydrogens (tertiary/aromatic N) is 3. The van der Waals surface area contributed by atoms with E-state index in [1.165, 1.54) is 0 Å². The first-order chi connectivity index (χ1) is 15.5. The molecule has 178 valence electrons. The summed E-state index contributed by atoms with van der Waals surface area (Å²) >= 11 is 0. The molecule has 0 aliphatic carbocycles. The first-order valence-electron chi connectivity index (χ1n) is 11.6. The number of likely N-dealkylation sites (tertiary alicyclic amines) is 1. The monoisotopic (exact) mass is 471 g/mol. The van der Waals surface area contributed by atoms with Crippen LogP contribution in [0.5, 0.6) is 0 Å². The molecule has 3 amide bonds. The zero-order valence-electron chi connectivity index (χ0n) is 19.6. The Balaban J connectivity index is 0.00000306. The predicted octanol–water partition coefficient (Wildman–Crippen LogP) is 5.06. The number of carbonyl (C=O) groups excluding carboxylic acids is 2. The molecule has 0 saturated carbocycles. The van der Waals surface area contributed by atoms with E-state index in [1.807, 2.05) is 23.1 Å². The molecule has 2 aromatic rings. The van der Waals surface area contributed by atoms with Crippen molar-refractivity contribution in [1.29, 1.82) is 0 Å². The molecule has 2 atom stereocenters. The summed E-state index contributed by atoms with van der Waals surface area (Å²) in [5.41, 5.74) is 1.59. The van der Waals surface area contributed by atoms with Gasteiger partial charge in [-0.15, -0.1) is 12.4 Å². The summed E-state index contributed by atoms with van der Waals surface area (Å²) in [6.07, 6.45) is 4.82. The van der Waals surface area contributed by atoms with Crippen LogP contribution in [-0.2, 0) is 0 Å². The zero-order chi connectivity index (χ0) is 22.7. The van der Waals surface area contributed by atoms with Crippen LogP contribution >= 0.6 is 12.4 Å². The molecule has 0 spiro atoms. The Hall–Kier alpha value is -2.64. The quantitative estimate of drug-likeness (QED) is 0.638. The molecule has 2 aliphatic rings. The molecular weight excluding hydrogens is 438 g/mol. The van der Waals surface area contributed by atoms with Gasteiger partial charge in [0.2, 0.25) is 0 Å². The van der Waals surface area contributed by atoms with Gasteiger partial charge in [-0.2, -0.15) is 0 Å². The molecule has 1 aromatic carbocycles. The number of para-hydroxylation sites is 1. The number of aromatic nitrogens is 1. The molecule has 8 heteroatoms. The van der Waals surface area contributed by atoms with E-state index in [0.717, 1.165) is 32.4 Å². The van der Waals surface area contributed by atoms with Crippen molar-refractivity contribution in [3.63, 3.8) is 0 Å². The van der Waals surface area contributed by atoms with E-state index in [2.05, 4.69) is 36.4 Å². The number of hydrogen-bond acceptors (Lipinski definition) is 4. The van der Waals surface area contributed by atoms with Crippen LogP contribution in [0.3, 0.4) is 0 Å². The number of nitrogens with one attached hydrogen (secondary N) is 2. The van der Waals surface area contributed by atoms with Gasteiger partial charge in [-0.3, -0.25) is 4.79 Å². The van der Waals surface area contributed by atoms with Gasteiger partial charge in [-0.05, 0) is 68.8 Å². The van der Waals surface area contributed by atoms with Crippen LogP contribution in [-0.4, -0.2) is 47.5 Å². The molecule has 1 saturated heterocycles. The maximum Gasteiger partial charge on any atom is 0.330 e. The zero-order valence-corrected chi connectivity index (χ0v) is 20.4. The molecule has 2 unspecified atom stereocenters. The van der Waals surface area contributed by atoms with E-state index in [0.29, 0.717) is 47.2 Å². The fourth-order valence-electron chi connectivity index (χ4n) is 4.40. The van der Waals surface area contributed by atoms with E-state index in [4.69, 9.17) is 0 Å². The molecule has 1 fully saturated rings. The van der Waals surface area contributed by atoms with Gasteiger partial charge in [0.05, 0.1) is 16.9 Å². The van der Waals surface area contributed by atoms with Gasteiger partial charge in [0.25, 0.3) is 5.91 Å². The van der Waals surface area contributed by atoms with Gasteiger partial charge in [-0.25, -0.2) is 14.7 Å². The largest absolute Gasteiger partial charge is 0.330 e. The Morgan fingerprint density at radius 2 is 2.00 bits per heavy atom. The first-order valence-corrected chi connectivity index (χ1v) is 11.6. The Bertz CT molecular complexity index is 983. The van der Waals surface area contributed by atoms with Crippen molar-refractivity contribution in [3.05, 3.63) is 48.2 Å². The molecule has 0 radical (unpaired) electrons. The minimum Gasteiger partial charge on any atom is -0.324 e. The highest BCUT2D eigenvalue weighted by Crippen LogP contribution is 2.37. The van der Waals surface area contributed by atoms with E-state index < -0.39 is 0 Å². The van der Waals surface area contributed by atoms with Crippen LogP contribution in [0.2, 0.25) is 0 Å². The van der Waals surface area contributed by atoms with Crippen LogP contribution in [0.4, 0.5) is 22.0 Å². The van der Waals surface area contributed by atoms with E-state index in [-0.39, 0.29) is 24.3 Å². The maximum atomic E-state index is 13.8. The minimum atomic E-state index is -0.230. The second-order valence-corrected chi connectivity index (χ2v) is 9.19.